The van der Waals surface area contributed by atoms with Gasteiger partial charge in [0.1, 0.15) is 5.56 Å². The number of halogens is 2. The number of nitrogens with zero attached hydrogens (tertiary/aromatic N) is 4. The van der Waals surface area contributed by atoms with Crippen LogP contribution in [0.3, 0.4) is 0 Å². The molecule has 0 saturated heterocycles. The zero-order chi connectivity index (χ0) is 25.1. The van der Waals surface area contributed by atoms with Crippen molar-refractivity contribution in [3.63, 3.8) is 0 Å². The largest absolute Gasteiger partial charge is 0.351 e. The quantitative estimate of drug-likeness (QED) is 0.394. The van der Waals surface area contributed by atoms with E-state index >= 15 is 0 Å². The number of aromatic nitrogens is 4. The maximum absolute atomic E-state index is 13.5. The zero-order valence-corrected chi connectivity index (χ0v) is 19.1. The van der Waals surface area contributed by atoms with Gasteiger partial charge in [0.15, 0.2) is 11.6 Å². The van der Waals surface area contributed by atoms with Crippen LogP contribution in [0.15, 0.2) is 66.0 Å². The Bertz CT molecular complexity index is 1530. The summed E-state index contributed by atoms with van der Waals surface area (Å²) in [6, 6.07) is 9.62. The second kappa shape index (κ2) is 10.0. The fourth-order valence-corrected chi connectivity index (χ4v) is 3.63. The summed E-state index contributed by atoms with van der Waals surface area (Å²) in [5, 5.41) is 6.85. The Morgan fingerprint density at radius 3 is 2.78 bits per heavy atom. The molecule has 0 spiro atoms. The summed E-state index contributed by atoms with van der Waals surface area (Å²) in [7, 11) is 0. The summed E-state index contributed by atoms with van der Waals surface area (Å²) in [6.45, 7) is 0.142. The van der Waals surface area contributed by atoms with Crippen LogP contribution in [0, 0.1) is 11.6 Å². The lowest BCUT2D eigenvalue weighted by molar-refractivity contribution is 0.0955. The average Bonchev–Trinajstić information content (AvgIpc) is 3.69. The zero-order valence-electron chi connectivity index (χ0n) is 19.1. The van der Waals surface area contributed by atoms with Crippen molar-refractivity contribution in [2.75, 3.05) is 11.9 Å². The molecule has 1 aliphatic rings. The molecule has 0 bridgehead atoms. The van der Waals surface area contributed by atoms with Crippen LogP contribution in [0.1, 0.15) is 34.3 Å². The number of benzene rings is 2. The molecule has 8 nitrogen and oxygen atoms in total. The summed E-state index contributed by atoms with van der Waals surface area (Å²) in [6.07, 6.45) is 10.1. The van der Waals surface area contributed by atoms with Crippen LogP contribution in [-0.2, 0) is 6.54 Å². The molecule has 0 unspecified atom stereocenters. The molecule has 2 heterocycles. The van der Waals surface area contributed by atoms with E-state index in [4.69, 9.17) is 0 Å². The van der Waals surface area contributed by atoms with Gasteiger partial charge in [-0.25, -0.2) is 23.7 Å². The van der Waals surface area contributed by atoms with Gasteiger partial charge in [-0.2, -0.15) is 0 Å². The minimum absolute atomic E-state index is 0.0477. The van der Waals surface area contributed by atoms with Crippen molar-refractivity contribution < 1.29 is 13.6 Å². The topological polar surface area (TPSA) is 102 Å². The Balaban J connectivity index is 1.20. The van der Waals surface area contributed by atoms with Crippen molar-refractivity contribution >= 4 is 28.8 Å². The van der Waals surface area contributed by atoms with Crippen molar-refractivity contribution in [3.8, 4) is 0 Å². The molecule has 5 rings (SSSR count). The number of hydrogen-bond donors (Lipinski definition) is 2. The fraction of sp³-hybridized carbons (Fsp3) is 0.192. The van der Waals surface area contributed by atoms with E-state index in [-0.39, 0.29) is 18.7 Å². The summed E-state index contributed by atoms with van der Waals surface area (Å²) in [5.74, 6) is -1.93. The molecule has 10 heteroatoms. The minimum atomic E-state index is -1.01. The van der Waals surface area contributed by atoms with E-state index < -0.39 is 23.1 Å². The van der Waals surface area contributed by atoms with Crippen molar-refractivity contribution in [1.82, 2.24) is 24.8 Å². The molecule has 2 N–H and O–H groups in total. The molecule has 0 atom stereocenters. The van der Waals surface area contributed by atoms with Crippen molar-refractivity contribution in [2.24, 2.45) is 0 Å². The molecule has 0 radical (unpaired) electrons. The Morgan fingerprint density at radius 2 is 1.97 bits per heavy atom. The third-order valence-corrected chi connectivity index (χ3v) is 5.69. The van der Waals surface area contributed by atoms with E-state index in [1.807, 2.05) is 24.3 Å². The number of carbonyl (C=O) groups excluding carboxylic acids is 1. The first kappa shape index (κ1) is 23.3. The highest BCUT2D eigenvalue weighted by Crippen LogP contribution is 2.24. The second-order valence-electron chi connectivity index (χ2n) is 8.53. The van der Waals surface area contributed by atoms with Gasteiger partial charge in [0.05, 0.1) is 18.4 Å². The number of hydrogen-bond acceptors (Lipinski definition) is 6. The summed E-state index contributed by atoms with van der Waals surface area (Å²) in [5.41, 5.74) is 1.40. The number of amides is 1. The molecule has 1 fully saturated rings. The van der Waals surface area contributed by atoms with Crippen molar-refractivity contribution in [2.45, 2.75) is 25.4 Å². The van der Waals surface area contributed by atoms with Gasteiger partial charge in [0.2, 0.25) is 5.95 Å². The van der Waals surface area contributed by atoms with Gasteiger partial charge in [-0.1, -0.05) is 24.3 Å². The lowest BCUT2D eigenvalue weighted by atomic mass is 10.1. The normalized spacial score (nSPS) is 13.3. The van der Waals surface area contributed by atoms with E-state index in [1.165, 1.54) is 23.2 Å². The number of nitrogens with one attached hydrogen (secondary N) is 2. The summed E-state index contributed by atoms with van der Waals surface area (Å²) < 4.78 is 27.8. The van der Waals surface area contributed by atoms with E-state index in [0.717, 1.165) is 41.4 Å². The van der Waals surface area contributed by atoms with Gasteiger partial charge < -0.3 is 10.6 Å². The van der Waals surface area contributed by atoms with Gasteiger partial charge in [-0.3, -0.25) is 14.2 Å². The molecule has 1 aliphatic carbocycles. The minimum Gasteiger partial charge on any atom is -0.351 e. The maximum atomic E-state index is 13.5. The predicted octanol–water partition coefficient (Wildman–Crippen LogP) is 3.53. The Kier molecular flexibility index (Phi) is 6.48. The van der Waals surface area contributed by atoms with Gasteiger partial charge in [0, 0.05) is 30.4 Å². The third-order valence-electron chi connectivity index (χ3n) is 5.69. The monoisotopic (exact) mass is 488 g/mol. The van der Waals surface area contributed by atoms with Gasteiger partial charge >= 0.3 is 0 Å². The Morgan fingerprint density at radius 1 is 1.11 bits per heavy atom. The van der Waals surface area contributed by atoms with Crippen LogP contribution in [0.5, 0.6) is 0 Å². The molecule has 1 amide bonds. The molecule has 36 heavy (non-hydrogen) atoms. The standard InChI is InChI=1S/C26H22F2N6O2/c27-21-7-3-17(11-22(21)28)14-34-15-29-13-20(25(34)36)24(35)30-9-1-2-16-4-8-23-18(10-16)12-31-26(33-23)32-19-5-6-19/h1-4,7-8,10-13,15,19H,5-6,9,14H2,(H,30,35)(H,31,32,33). The van der Waals surface area contributed by atoms with Crippen LogP contribution < -0.4 is 16.2 Å². The summed E-state index contributed by atoms with van der Waals surface area (Å²) in [4.78, 5) is 38.0. The van der Waals surface area contributed by atoms with E-state index in [1.54, 1.807) is 12.3 Å². The van der Waals surface area contributed by atoms with Gasteiger partial charge in [-0.05, 0) is 48.2 Å². The second-order valence-corrected chi connectivity index (χ2v) is 8.53. The molecule has 182 valence electrons. The molecule has 1 saturated carbocycles. The molecule has 0 aliphatic heterocycles. The Hall–Kier alpha value is -4.47. The highest BCUT2D eigenvalue weighted by Gasteiger charge is 2.21. The third kappa shape index (κ3) is 5.43. The fourth-order valence-electron chi connectivity index (χ4n) is 3.63. The molecule has 2 aromatic carbocycles. The molecular weight excluding hydrogens is 466 g/mol. The van der Waals surface area contributed by atoms with Crippen LogP contribution in [0.25, 0.3) is 17.0 Å². The first-order valence-corrected chi connectivity index (χ1v) is 11.4. The van der Waals surface area contributed by atoms with Crippen LogP contribution in [-0.4, -0.2) is 38.0 Å². The molecule has 2 aromatic heterocycles. The van der Waals surface area contributed by atoms with Crippen LogP contribution in [0.2, 0.25) is 0 Å². The lowest BCUT2D eigenvalue weighted by Crippen LogP contribution is -2.33. The highest BCUT2D eigenvalue weighted by atomic mass is 19.2. The molecular formula is C26H22F2N6O2. The molecule has 4 aromatic rings. The van der Waals surface area contributed by atoms with Crippen LogP contribution >= 0.6 is 0 Å². The SMILES string of the molecule is O=C(NCC=Cc1ccc2nc(NC3CC3)ncc2c1)c1cncn(Cc2ccc(F)c(F)c2)c1=O. The van der Waals surface area contributed by atoms with Gasteiger partial charge in [-0.15, -0.1) is 0 Å². The first-order valence-electron chi connectivity index (χ1n) is 11.4. The summed E-state index contributed by atoms with van der Waals surface area (Å²) >= 11 is 0. The van der Waals surface area contributed by atoms with E-state index in [2.05, 4.69) is 25.6 Å². The van der Waals surface area contributed by atoms with Crippen LogP contribution in [0.4, 0.5) is 14.7 Å². The highest BCUT2D eigenvalue weighted by molar-refractivity contribution is 5.93. The van der Waals surface area contributed by atoms with E-state index in [9.17, 15) is 18.4 Å². The predicted molar refractivity (Wildman–Crippen MR) is 132 cm³/mol. The number of carbonyl (C=O) groups is 1. The first-order chi connectivity index (χ1) is 17.5. The number of rotatable bonds is 8. The Labute approximate surface area is 204 Å². The van der Waals surface area contributed by atoms with E-state index in [0.29, 0.717) is 17.6 Å². The average molecular weight is 488 g/mol. The van der Waals surface area contributed by atoms with Crippen molar-refractivity contribution in [3.05, 3.63) is 99.9 Å². The number of anilines is 1. The number of fused-ring (bicyclic) bond motifs is 1. The maximum Gasteiger partial charge on any atom is 0.266 e. The van der Waals surface area contributed by atoms with Gasteiger partial charge in [0.25, 0.3) is 11.5 Å². The van der Waals surface area contributed by atoms with Crippen molar-refractivity contribution in [1.29, 1.82) is 0 Å². The smallest absolute Gasteiger partial charge is 0.266 e. The lowest BCUT2D eigenvalue weighted by Gasteiger charge is -2.08.